The van der Waals surface area contributed by atoms with Crippen molar-refractivity contribution >= 4 is 0 Å². The van der Waals surface area contributed by atoms with Gasteiger partial charge in [0.05, 0.1) is 12.1 Å². The third kappa shape index (κ3) is 2.37. The molecule has 20 heavy (non-hydrogen) atoms. The maximum atomic E-state index is 10.8. The number of aliphatic hydroxyl groups is 1. The van der Waals surface area contributed by atoms with Gasteiger partial charge in [0.1, 0.15) is 12.2 Å². The summed E-state index contributed by atoms with van der Waals surface area (Å²) in [6.07, 6.45) is 6.10. The smallest absolute Gasteiger partial charge is 0.146 e. The van der Waals surface area contributed by atoms with Gasteiger partial charge >= 0.3 is 0 Å². The van der Waals surface area contributed by atoms with E-state index in [0.717, 1.165) is 44.8 Å². The minimum Gasteiger partial charge on any atom is -0.390 e. The minimum atomic E-state index is -0.434. The zero-order valence-corrected chi connectivity index (χ0v) is 12.6. The lowest BCUT2D eigenvalue weighted by atomic mass is 9.69. The molecule has 1 aromatic rings. The quantitative estimate of drug-likeness (QED) is 0.910. The number of hydrogen-bond acceptors (Lipinski definition) is 4. The van der Waals surface area contributed by atoms with Crippen LogP contribution in [0, 0.1) is 11.8 Å². The van der Waals surface area contributed by atoms with Crippen molar-refractivity contribution in [1.29, 1.82) is 0 Å². The van der Waals surface area contributed by atoms with Crippen LogP contribution in [0.5, 0.6) is 0 Å². The summed E-state index contributed by atoms with van der Waals surface area (Å²) in [6, 6.07) is 0. The largest absolute Gasteiger partial charge is 0.390 e. The Morgan fingerprint density at radius 3 is 3.00 bits per heavy atom. The van der Waals surface area contributed by atoms with Crippen molar-refractivity contribution in [2.45, 2.75) is 58.2 Å². The Balaban J connectivity index is 1.70. The van der Waals surface area contributed by atoms with E-state index in [0.29, 0.717) is 11.8 Å². The van der Waals surface area contributed by atoms with Gasteiger partial charge in [-0.15, -0.1) is 10.2 Å². The minimum absolute atomic E-state index is 0.434. The monoisotopic (exact) mass is 278 g/mol. The number of likely N-dealkylation sites (tertiary alicyclic amines) is 1. The van der Waals surface area contributed by atoms with Gasteiger partial charge in [0.15, 0.2) is 0 Å². The van der Waals surface area contributed by atoms with E-state index in [1.54, 1.807) is 6.33 Å². The van der Waals surface area contributed by atoms with Crippen LogP contribution in [-0.4, -0.2) is 43.5 Å². The first-order valence-corrected chi connectivity index (χ1v) is 7.97. The molecule has 0 unspecified atom stereocenters. The fraction of sp³-hybridized carbons (Fsp3) is 0.867. The van der Waals surface area contributed by atoms with Crippen molar-refractivity contribution < 1.29 is 5.11 Å². The summed E-state index contributed by atoms with van der Waals surface area (Å²) in [7, 11) is 0. The van der Waals surface area contributed by atoms with Crippen LogP contribution in [0.25, 0.3) is 0 Å². The maximum Gasteiger partial charge on any atom is 0.146 e. The molecule has 0 aromatic carbocycles. The van der Waals surface area contributed by atoms with Crippen molar-refractivity contribution in [3.8, 4) is 0 Å². The topological polar surface area (TPSA) is 54.2 Å². The zero-order valence-electron chi connectivity index (χ0n) is 12.6. The van der Waals surface area contributed by atoms with Gasteiger partial charge in [-0.3, -0.25) is 4.90 Å². The zero-order chi connectivity index (χ0) is 14.2. The molecule has 1 aliphatic heterocycles. The summed E-state index contributed by atoms with van der Waals surface area (Å²) in [5, 5.41) is 19.1. The van der Waals surface area contributed by atoms with Crippen LogP contribution in [0.15, 0.2) is 6.33 Å². The highest BCUT2D eigenvalue weighted by atomic mass is 16.3. The summed E-state index contributed by atoms with van der Waals surface area (Å²) in [4.78, 5) is 2.46. The Morgan fingerprint density at radius 1 is 1.40 bits per heavy atom. The molecule has 5 heteroatoms. The van der Waals surface area contributed by atoms with E-state index in [4.69, 9.17) is 0 Å². The Labute approximate surface area is 121 Å². The van der Waals surface area contributed by atoms with Gasteiger partial charge in [-0.05, 0) is 32.1 Å². The molecular formula is C15H26N4O. The van der Waals surface area contributed by atoms with E-state index < -0.39 is 5.60 Å². The van der Waals surface area contributed by atoms with E-state index in [9.17, 15) is 5.11 Å². The van der Waals surface area contributed by atoms with Gasteiger partial charge in [0.25, 0.3) is 0 Å². The lowest BCUT2D eigenvalue weighted by Crippen LogP contribution is -2.44. The molecular weight excluding hydrogens is 252 g/mol. The average molecular weight is 278 g/mol. The van der Waals surface area contributed by atoms with E-state index in [2.05, 4.69) is 33.5 Å². The van der Waals surface area contributed by atoms with Crippen LogP contribution >= 0.6 is 0 Å². The van der Waals surface area contributed by atoms with Gasteiger partial charge in [-0.2, -0.15) is 0 Å². The molecule has 0 radical (unpaired) electrons. The van der Waals surface area contributed by atoms with Gasteiger partial charge in [0.2, 0.25) is 0 Å². The molecule has 1 aliphatic carbocycles. The Morgan fingerprint density at radius 2 is 2.25 bits per heavy atom. The molecule has 0 bridgehead atoms. The molecule has 2 heterocycles. The second kappa shape index (κ2) is 5.45. The van der Waals surface area contributed by atoms with E-state index in [-0.39, 0.29) is 0 Å². The van der Waals surface area contributed by atoms with Crippen molar-refractivity contribution in [1.82, 2.24) is 19.7 Å². The predicted molar refractivity (Wildman–Crippen MR) is 77.0 cm³/mol. The second-order valence-corrected chi connectivity index (χ2v) is 6.44. The van der Waals surface area contributed by atoms with Crippen molar-refractivity contribution in [2.24, 2.45) is 11.8 Å². The molecule has 0 amide bonds. The Bertz CT molecular complexity index is 460. The highest BCUT2D eigenvalue weighted by molar-refractivity contribution is 5.00. The van der Waals surface area contributed by atoms with Crippen molar-refractivity contribution in [2.75, 3.05) is 13.1 Å². The molecule has 1 aromatic heterocycles. The van der Waals surface area contributed by atoms with Gasteiger partial charge < -0.3 is 9.67 Å². The number of aromatic nitrogens is 3. The molecule has 0 spiro atoms. The van der Waals surface area contributed by atoms with E-state index in [1.807, 2.05) is 0 Å². The van der Waals surface area contributed by atoms with Gasteiger partial charge in [-0.25, -0.2) is 0 Å². The molecule has 5 nitrogen and oxygen atoms in total. The third-order valence-electron chi connectivity index (χ3n) is 5.41. The maximum absolute atomic E-state index is 10.8. The Kier molecular flexibility index (Phi) is 3.82. The summed E-state index contributed by atoms with van der Waals surface area (Å²) in [5.74, 6) is 2.15. The number of nitrogens with zero attached hydrogens (tertiary/aromatic N) is 4. The number of rotatable bonds is 4. The molecule has 3 rings (SSSR count). The van der Waals surface area contributed by atoms with Crippen LogP contribution in [0.1, 0.15) is 45.4 Å². The van der Waals surface area contributed by atoms with Gasteiger partial charge in [-0.1, -0.05) is 13.3 Å². The number of aryl methyl sites for hydroxylation is 1. The van der Waals surface area contributed by atoms with Crippen LogP contribution in [-0.2, 0) is 13.1 Å². The standard InChI is InChI=1S/C15H26N4O/c1-3-15(20)7-5-6-12-8-18(9-13(12)15)10-14-17-16-11-19(14)4-2/h11-13,20H,3-10H2,1-2H3/t12-,13+,15-/m0/s1. The average Bonchev–Trinajstić information content (AvgIpc) is 3.06. The molecule has 112 valence electrons. The number of hydrogen-bond donors (Lipinski definition) is 1. The SMILES string of the molecule is CCn1cnnc1CN1C[C@@H]2CCC[C@@](O)(CC)[C@@H]2C1. The first kappa shape index (κ1) is 14.0. The summed E-state index contributed by atoms with van der Waals surface area (Å²) >= 11 is 0. The first-order valence-electron chi connectivity index (χ1n) is 7.97. The molecule has 1 saturated heterocycles. The highest BCUT2D eigenvalue weighted by Gasteiger charge is 2.47. The first-order chi connectivity index (χ1) is 9.66. The molecule has 2 fully saturated rings. The van der Waals surface area contributed by atoms with Crippen molar-refractivity contribution in [3.05, 3.63) is 12.2 Å². The summed E-state index contributed by atoms with van der Waals surface area (Å²) in [6.45, 7) is 8.13. The lowest BCUT2D eigenvalue weighted by Gasteiger charge is -2.40. The van der Waals surface area contributed by atoms with E-state index in [1.165, 1.54) is 12.8 Å². The molecule has 2 aliphatic rings. The van der Waals surface area contributed by atoms with Crippen LogP contribution < -0.4 is 0 Å². The summed E-state index contributed by atoms with van der Waals surface area (Å²) in [5.41, 5.74) is -0.434. The van der Waals surface area contributed by atoms with Crippen LogP contribution in [0.2, 0.25) is 0 Å². The van der Waals surface area contributed by atoms with E-state index >= 15 is 0 Å². The molecule has 1 N–H and O–H groups in total. The Hall–Kier alpha value is -0.940. The highest BCUT2D eigenvalue weighted by Crippen LogP contribution is 2.44. The van der Waals surface area contributed by atoms with Crippen molar-refractivity contribution in [3.63, 3.8) is 0 Å². The van der Waals surface area contributed by atoms with Crippen LogP contribution in [0.4, 0.5) is 0 Å². The molecule has 1 saturated carbocycles. The lowest BCUT2D eigenvalue weighted by molar-refractivity contribution is -0.0613. The molecule has 3 atom stereocenters. The second-order valence-electron chi connectivity index (χ2n) is 6.44. The fourth-order valence-corrected chi connectivity index (χ4v) is 4.15. The predicted octanol–water partition coefficient (Wildman–Crippen LogP) is 1.67. The van der Waals surface area contributed by atoms with Gasteiger partial charge in [0, 0.05) is 25.6 Å². The third-order valence-corrected chi connectivity index (χ3v) is 5.41. The number of fused-ring (bicyclic) bond motifs is 1. The van der Waals surface area contributed by atoms with Crippen LogP contribution in [0.3, 0.4) is 0 Å². The fourth-order valence-electron chi connectivity index (χ4n) is 4.15. The normalized spacial score (nSPS) is 34.4. The summed E-state index contributed by atoms with van der Waals surface area (Å²) < 4.78 is 2.11.